The molecule has 0 aliphatic rings. The van der Waals surface area contributed by atoms with Gasteiger partial charge in [0.15, 0.2) is 0 Å². The third-order valence-corrected chi connectivity index (χ3v) is 4.19. The number of carboxylic acid groups (broad SMARTS) is 1. The van der Waals surface area contributed by atoms with E-state index < -0.39 is 5.97 Å². The van der Waals surface area contributed by atoms with E-state index in [1.165, 1.54) is 11.0 Å². The van der Waals surface area contributed by atoms with Gasteiger partial charge >= 0.3 is 5.97 Å². The van der Waals surface area contributed by atoms with Gasteiger partial charge in [-0.1, -0.05) is 43.3 Å². The molecule has 0 saturated carbocycles. The SMILES string of the molecule is CCCN(CC(=O)Nc1ccccc1C)C(=O)Cc1ccccc1C(=O)O. The van der Waals surface area contributed by atoms with Crippen molar-refractivity contribution in [2.45, 2.75) is 26.7 Å². The van der Waals surface area contributed by atoms with Crippen LogP contribution >= 0.6 is 0 Å². The number of para-hydroxylation sites is 1. The molecule has 2 aromatic rings. The molecule has 0 heterocycles. The smallest absolute Gasteiger partial charge is 0.335 e. The number of hydrogen-bond donors (Lipinski definition) is 2. The predicted molar refractivity (Wildman–Crippen MR) is 104 cm³/mol. The fraction of sp³-hybridized carbons (Fsp3) is 0.286. The summed E-state index contributed by atoms with van der Waals surface area (Å²) >= 11 is 0. The molecule has 0 spiro atoms. The van der Waals surface area contributed by atoms with Gasteiger partial charge in [-0.25, -0.2) is 4.79 Å². The first-order chi connectivity index (χ1) is 12.9. The molecule has 2 rings (SSSR count). The van der Waals surface area contributed by atoms with E-state index in [2.05, 4.69) is 5.32 Å². The molecular formula is C21H24N2O4. The van der Waals surface area contributed by atoms with Gasteiger partial charge in [0.25, 0.3) is 0 Å². The molecule has 0 atom stereocenters. The summed E-state index contributed by atoms with van der Waals surface area (Å²) in [5, 5.41) is 12.1. The van der Waals surface area contributed by atoms with Gasteiger partial charge in [0.2, 0.25) is 11.8 Å². The van der Waals surface area contributed by atoms with Crippen LogP contribution in [0.15, 0.2) is 48.5 Å². The molecule has 0 aromatic heterocycles. The van der Waals surface area contributed by atoms with Gasteiger partial charge in [-0.3, -0.25) is 9.59 Å². The van der Waals surface area contributed by atoms with E-state index in [4.69, 9.17) is 0 Å². The van der Waals surface area contributed by atoms with Crippen LogP contribution in [0.2, 0.25) is 0 Å². The minimum atomic E-state index is -1.07. The second kappa shape index (κ2) is 9.52. The number of nitrogens with zero attached hydrogens (tertiary/aromatic N) is 1. The van der Waals surface area contributed by atoms with Gasteiger partial charge in [-0.2, -0.15) is 0 Å². The quantitative estimate of drug-likeness (QED) is 0.749. The van der Waals surface area contributed by atoms with Crippen molar-refractivity contribution < 1.29 is 19.5 Å². The Morgan fingerprint density at radius 1 is 1.04 bits per heavy atom. The maximum atomic E-state index is 12.7. The number of aromatic carboxylic acids is 1. The summed E-state index contributed by atoms with van der Waals surface area (Å²) in [6, 6.07) is 13.8. The maximum Gasteiger partial charge on any atom is 0.335 e. The molecule has 2 amide bonds. The summed E-state index contributed by atoms with van der Waals surface area (Å²) in [4.78, 5) is 37.9. The van der Waals surface area contributed by atoms with Gasteiger partial charge in [-0.05, 0) is 36.6 Å². The minimum absolute atomic E-state index is 0.0554. The summed E-state index contributed by atoms with van der Waals surface area (Å²) < 4.78 is 0. The van der Waals surface area contributed by atoms with Crippen LogP contribution < -0.4 is 5.32 Å². The third kappa shape index (κ3) is 5.67. The Morgan fingerprint density at radius 3 is 2.37 bits per heavy atom. The van der Waals surface area contributed by atoms with Crippen LogP contribution in [0, 0.1) is 6.92 Å². The Kier molecular flexibility index (Phi) is 7.11. The molecule has 0 fully saturated rings. The van der Waals surface area contributed by atoms with Gasteiger partial charge in [0, 0.05) is 12.2 Å². The maximum absolute atomic E-state index is 12.7. The Hall–Kier alpha value is -3.15. The molecule has 2 N–H and O–H groups in total. The van der Waals surface area contributed by atoms with Gasteiger partial charge in [0.05, 0.1) is 18.5 Å². The standard InChI is InChI=1S/C21H24N2O4/c1-3-12-23(14-19(24)22-18-11-7-4-8-15(18)2)20(25)13-16-9-5-6-10-17(16)21(26)27/h4-11H,3,12-14H2,1-2H3,(H,22,24)(H,26,27). The van der Waals surface area contributed by atoms with Crippen LogP contribution in [0.4, 0.5) is 5.69 Å². The summed E-state index contributed by atoms with van der Waals surface area (Å²) in [5.41, 5.74) is 2.19. The summed E-state index contributed by atoms with van der Waals surface area (Å²) in [5.74, 6) is -1.62. The fourth-order valence-corrected chi connectivity index (χ4v) is 2.80. The monoisotopic (exact) mass is 368 g/mol. The number of carbonyl (C=O) groups excluding carboxylic acids is 2. The van der Waals surface area contributed by atoms with Crippen molar-refractivity contribution >= 4 is 23.5 Å². The predicted octanol–water partition coefficient (Wildman–Crippen LogP) is 3.11. The average molecular weight is 368 g/mol. The van der Waals surface area contributed by atoms with Gasteiger partial charge in [-0.15, -0.1) is 0 Å². The molecule has 142 valence electrons. The van der Waals surface area contributed by atoms with Crippen LogP contribution in [-0.2, 0) is 16.0 Å². The summed E-state index contributed by atoms with van der Waals surface area (Å²) in [6.07, 6.45) is 0.643. The Morgan fingerprint density at radius 2 is 1.70 bits per heavy atom. The second-order valence-corrected chi connectivity index (χ2v) is 6.32. The first kappa shape index (κ1) is 20.2. The Bertz CT molecular complexity index is 832. The molecule has 6 nitrogen and oxygen atoms in total. The van der Waals surface area contributed by atoms with E-state index >= 15 is 0 Å². The molecule has 0 saturated heterocycles. The molecule has 27 heavy (non-hydrogen) atoms. The minimum Gasteiger partial charge on any atom is -0.478 e. The number of nitrogens with one attached hydrogen (secondary N) is 1. The number of amides is 2. The van der Waals surface area contributed by atoms with E-state index in [0.29, 0.717) is 24.2 Å². The van der Waals surface area contributed by atoms with Crippen molar-refractivity contribution in [2.24, 2.45) is 0 Å². The highest BCUT2D eigenvalue weighted by Gasteiger charge is 2.19. The van der Waals surface area contributed by atoms with E-state index in [0.717, 1.165) is 5.56 Å². The normalized spacial score (nSPS) is 10.3. The number of benzene rings is 2. The number of hydrogen-bond acceptors (Lipinski definition) is 3. The zero-order valence-electron chi connectivity index (χ0n) is 15.6. The number of aryl methyl sites for hydroxylation is 1. The number of carbonyl (C=O) groups is 3. The molecule has 0 aliphatic carbocycles. The Labute approximate surface area is 158 Å². The lowest BCUT2D eigenvalue weighted by Gasteiger charge is -2.22. The molecule has 6 heteroatoms. The molecule has 0 radical (unpaired) electrons. The summed E-state index contributed by atoms with van der Waals surface area (Å²) in [6.45, 7) is 4.17. The number of rotatable bonds is 8. The largest absolute Gasteiger partial charge is 0.478 e. The van der Waals surface area contributed by atoms with Gasteiger partial charge < -0.3 is 15.3 Å². The molecule has 0 unspecified atom stereocenters. The van der Waals surface area contributed by atoms with Crippen molar-refractivity contribution in [2.75, 3.05) is 18.4 Å². The fourth-order valence-electron chi connectivity index (χ4n) is 2.80. The van der Waals surface area contributed by atoms with Crippen LogP contribution in [0.3, 0.4) is 0 Å². The third-order valence-electron chi connectivity index (χ3n) is 4.19. The number of anilines is 1. The van der Waals surface area contributed by atoms with Crippen LogP contribution in [0.5, 0.6) is 0 Å². The van der Waals surface area contributed by atoms with Crippen molar-refractivity contribution in [3.63, 3.8) is 0 Å². The van der Waals surface area contributed by atoms with Crippen LogP contribution in [-0.4, -0.2) is 40.9 Å². The van der Waals surface area contributed by atoms with E-state index in [9.17, 15) is 19.5 Å². The highest BCUT2D eigenvalue weighted by atomic mass is 16.4. The van der Waals surface area contributed by atoms with E-state index in [1.807, 2.05) is 38.1 Å². The Balaban J connectivity index is 2.08. The summed E-state index contributed by atoms with van der Waals surface area (Å²) in [7, 11) is 0. The molecule has 0 bridgehead atoms. The van der Waals surface area contributed by atoms with Crippen LogP contribution in [0.1, 0.15) is 34.8 Å². The lowest BCUT2D eigenvalue weighted by molar-refractivity contribution is -0.134. The van der Waals surface area contributed by atoms with Crippen molar-refractivity contribution in [3.05, 3.63) is 65.2 Å². The highest BCUT2D eigenvalue weighted by molar-refractivity contribution is 5.96. The molecule has 2 aromatic carbocycles. The molecular weight excluding hydrogens is 344 g/mol. The second-order valence-electron chi connectivity index (χ2n) is 6.32. The zero-order valence-corrected chi connectivity index (χ0v) is 15.6. The first-order valence-corrected chi connectivity index (χ1v) is 8.86. The van der Waals surface area contributed by atoms with Crippen LogP contribution in [0.25, 0.3) is 0 Å². The lowest BCUT2D eigenvalue weighted by Crippen LogP contribution is -2.39. The van der Waals surface area contributed by atoms with Gasteiger partial charge in [0.1, 0.15) is 0 Å². The lowest BCUT2D eigenvalue weighted by atomic mass is 10.0. The van der Waals surface area contributed by atoms with E-state index in [-0.39, 0.29) is 30.3 Å². The zero-order chi connectivity index (χ0) is 19.8. The number of carboxylic acids is 1. The van der Waals surface area contributed by atoms with Crippen molar-refractivity contribution in [1.29, 1.82) is 0 Å². The molecule has 0 aliphatic heterocycles. The first-order valence-electron chi connectivity index (χ1n) is 8.86. The average Bonchev–Trinajstić information content (AvgIpc) is 2.63. The van der Waals surface area contributed by atoms with Crippen molar-refractivity contribution in [3.8, 4) is 0 Å². The topological polar surface area (TPSA) is 86.7 Å². The van der Waals surface area contributed by atoms with E-state index in [1.54, 1.807) is 18.2 Å². The highest BCUT2D eigenvalue weighted by Crippen LogP contribution is 2.14. The van der Waals surface area contributed by atoms with Crippen molar-refractivity contribution in [1.82, 2.24) is 4.90 Å².